The van der Waals surface area contributed by atoms with E-state index in [1.165, 1.54) is 0 Å². The Balaban J connectivity index is 1.78. The summed E-state index contributed by atoms with van der Waals surface area (Å²) in [5.74, 6) is 0. The summed E-state index contributed by atoms with van der Waals surface area (Å²) in [5, 5.41) is 4.21. The topological polar surface area (TPSA) is 53.1 Å². The van der Waals surface area contributed by atoms with E-state index in [1.807, 2.05) is 31.6 Å². The van der Waals surface area contributed by atoms with Crippen LogP contribution in [0.3, 0.4) is 0 Å². The second kappa shape index (κ2) is 5.94. The van der Waals surface area contributed by atoms with Crippen LogP contribution in [-0.2, 0) is 18.4 Å². The summed E-state index contributed by atoms with van der Waals surface area (Å²) in [6.45, 7) is 0.607. The van der Waals surface area contributed by atoms with Crippen molar-refractivity contribution in [1.29, 1.82) is 0 Å². The third-order valence-corrected chi connectivity index (χ3v) is 3.99. The zero-order valence-corrected chi connectivity index (χ0v) is 13.6. The lowest BCUT2D eigenvalue weighted by atomic mass is 10.1. The molecule has 0 fully saturated rings. The van der Waals surface area contributed by atoms with Gasteiger partial charge in [0.15, 0.2) is 5.58 Å². The van der Waals surface area contributed by atoms with Gasteiger partial charge in [-0.05, 0) is 23.3 Å². The molecule has 4 aromatic rings. The molecule has 1 aromatic carbocycles. The maximum atomic E-state index is 5.67. The van der Waals surface area contributed by atoms with Gasteiger partial charge in [-0.15, -0.1) is 0 Å². The molecular weight excluding hydrogens is 302 g/mol. The van der Waals surface area contributed by atoms with Crippen molar-refractivity contribution in [3.8, 4) is 22.4 Å². The molecule has 0 amide bonds. The van der Waals surface area contributed by atoms with Crippen molar-refractivity contribution in [1.82, 2.24) is 14.8 Å². The second-order valence-electron chi connectivity index (χ2n) is 5.73. The van der Waals surface area contributed by atoms with Gasteiger partial charge in [-0.1, -0.05) is 24.3 Å². The van der Waals surface area contributed by atoms with E-state index in [1.54, 1.807) is 18.1 Å². The van der Waals surface area contributed by atoms with Crippen molar-refractivity contribution < 1.29 is 9.15 Å². The fraction of sp³-hybridized carbons (Fsp3) is 0.158. The van der Waals surface area contributed by atoms with E-state index >= 15 is 0 Å². The van der Waals surface area contributed by atoms with Crippen LogP contribution in [0.4, 0.5) is 0 Å². The molecule has 3 heterocycles. The van der Waals surface area contributed by atoms with Crippen molar-refractivity contribution >= 4 is 11.1 Å². The van der Waals surface area contributed by atoms with Gasteiger partial charge in [0.25, 0.3) is 0 Å². The molecule has 0 aliphatic rings. The average Bonchev–Trinajstić information content (AvgIpc) is 3.21. The molecule has 4 rings (SSSR count). The van der Waals surface area contributed by atoms with E-state index in [9.17, 15) is 0 Å². The van der Waals surface area contributed by atoms with E-state index in [2.05, 4.69) is 29.4 Å². The Morgan fingerprint density at radius 3 is 2.62 bits per heavy atom. The van der Waals surface area contributed by atoms with Gasteiger partial charge < -0.3 is 9.15 Å². The van der Waals surface area contributed by atoms with Crippen LogP contribution in [0.25, 0.3) is 33.5 Å². The van der Waals surface area contributed by atoms with Gasteiger partial charge in [0.05, 0.1) is 18.5 Å². The van der Waals surface area contributed by atoms with Crippen LogP contribution < -0.4 is 0 Å². The molecule has 0 atom stereocenters. The van der Waals surface area contributed by atoms with Gasteiger partial charge in [-0.25, -0.2) is 4.98 Å². The molecule has 0 saturated carbocycles. The largest absolute Gasteiger partial charge is 0.462 e. The Hall–Kier alpha value is -2.92. The van der Waals surface area contributed by atoms with Gasteiger partial charge in [0.2, 0.25) is 0 Å². The number of ether oxygens (including phenoxy) is 1. The minimum absolute atomic E-state index is 0.607. The molecule has 5 heteroatoms. The Morgan fingerprint density at radius 2 is 1.92 bits per heavy atom. The SMILES string of the molecule is COCc1ccc(-c2coc3ccc(-c4cnn(C)c4)nc23)cc1. The van der Waals surface area contributed by atoms with Crippen LogP contribution in [0.5, 0.6) is 0 Å². The molecular formula is C19H17N3O2. The summed E-state index contributed by atoms with van der Waals surface area (Å²) in [5.41, 5.74) is 6.70. The molecule has 0 unspecified atom stereocenters. The monoisotopic (exact) mass is 319 g/mol. The summed E-state index contributed by atoms with van der Waals surface area (Å²) in [6, 6.07) is 12.2. The third-order valence-electron chi connectivity index (χ3n) is 3.99. The summed E-state index contributed by atoms with van der Waals surface area (Å²) in [4.78, 5) is 4.78. The molecule has 0 spiro atoms. The molecule has 0 aliphatic carbocycles. The number of aryl methyl sites for hydroxylation is 1. The first-order chi connectivity index (χ1) is 11.7. The minimum atomic E-state index is 0.607. The van der Waals surface area contributed by atoms with E-state index < -0.39 is 0 Å². The van der Waals surface area contributed by atoms with E-state index in [4.69, 9.17) is 14.1 Å². The Bertz CT molecular complexity index is 983. The maximum absolute atomic E-state index is 5.67. The van der Waals surface area contributed by atoms with Crippen LogP contribution in [0.15, 0.2) is 59.5 Å². The van der Waals surface area contributed by atoms with Crippen molar-refractivity contribution in [3.05, 3.63) is 60.6 Å². The molecule has 0 radical (unpaired) electrons. The molecule has 120 valence electrons. The van der Waals surface area contributed by atoms with Crippen molar-refractivity contribution in [2.45, 2.75) is 6.61 Å². The number of hydrogen-bond acceptors (Lipinski definition) is 4. The predicted molar refractivity (Wildman–Crippen MR) is 92.4 cm³/mol. The number of fused-ring (bicyclic) bond motifs is 1. The normalized spacial score (nSPS) is 11.2. The Kier molecular flexibility index (Phi) is 3.63. The number of benzene rings is 1. The molecule has 0 bridgehead atoms. The average molecular weight is 319 g/mol. The van der Waals surface area contributed by atoms with Gasteiger partial charge in [-0.2, -0.15) is 5.10 Å². The Labute approximate surface area is 139 Å². The molecule has 0 saturated heterocycles. The van der Waals surface area contributed by atoms with Gasteiger partial charge in [0, 0.05) is 31.5 Å². The lowest BCUT2D eigenvalue weighted by Gasteiger charge is -2.03. The molecule has 24 heavy (non-hydrogen) atoms. The predicted octanol–water partition coefficient (Wildman–Crippen LogP) is 4.04. The van der Waals surface area contributed by atoms with Crippen LogP contribution in [0, 0.1) is 0 Å². The van der Waals surface area contributed by atoms with Crippen LogP contribution in [0.1, 0.15) is 5.56 Å². The summed E-state index contributed by atoms with van der Waals surface area (Å²) >= 11 is 0. The minimum Gasteiger partial charge on any atom is -0.462 e. The highest BCUT2D eigenvalue weighted by atomic mass is 16.5. The maximum Gasteiger partial charge on any atom is 0.153 e. The Morgan fingerprint density at radius 1 is 1.08 bits per heavy atom. The van der Waals surface area contributed by atoms with Gasteiger partial charge >= 0.3 is 0 Å². The summed E-state index contributed by atoms with van der Waals surface area (Å²) in [7, 11) is 3.59. The lowest BCUT2D eigenvalue weighted by Crippen LogP contribution is -1.87. The third kappa shape index (κ3) is 2.59. The zero-order valence-electron chi connectivity index (χ0n) is 13.6. The van der Waals surface area contributed by atoms with Crippen molar-refractivity contribution in [3.63, 3.8) is 0 Å². The first kappa shape index (κ1) is 14.7. The molecule has 3 aromatic heterocycles. The van der Waals surface area contributed by atoms with Crippen LogP contribution >= 0.6 is 0 Å². The number of hydrogen-bond donors (Lipinski definition) is 0. The van der Waals surface area contributed by atoms with E-state index in [0.717, 1.165) is 39.0 Å². The zero-order chi connectivity index (χ0) is 16.5. The fourth-order valence-electron chi connectivity index (χ4n) is 2.78. The van der Waals surface area contributed by atoms with Crippen LogP contribution in [-0.4, -0.2) is 21.9 Å². The number of rotatable bonds is 4. The quantitative estimate of drug-likeness (QED) is 0.569. The van der Waals surface area contributed by atoms with Gasteiger partial charge in [-0.3, -0.25) is 4.68 Å². The lowest BCUT2D eigenvalue weighted by molar-refractivity contribution is 0.185. The fourth-order valence-corrected chi connectivity index (χ4v) is 2.78. The van der Waals surface area contributed by atoms with Crippen molar-refractivity contribution in [2.75, 3.05) is 7.11 Å². The van der Waals surface area contributed by atoms with Gasteiger partial charge in [0.1, 0.15) is 11.8 Å². The van der Waals surface area contributed by atoms with E-state index in [0.29, 0.717) is 6.61 Å². The van der Waals surface area contributed by atoms with Crippen molar-refractivity contribution in [2.24, 2.45) is 7.05 Å². The molecule has 5 nitrogen and oxygen atoms in total. The standard InChI is InChI=1S/C19H17N3O2/c1-22-10-15(9-20-22)17-7-8-18-19(21-17)16(12-24-18)14-5-3-13(4-6-14)11-23-2/h3-10,12H,11H2,1-2H3. The second-order valence-corrected chi connectivity index (χ2v) is 5.73. The molecule has 0 aliphatic heterocycles. The number of methoxy groups -OCH3 is 1. The smallest absolute Gasteiger partial charge is 0.153 e. The highest BCUT2D eigenvalue weighted by Crippen LogP contribution is 2.31. The summed E-state index contributed by atoms with van der Waals surface area (Å²) < 4.78 is 12.6. The first-order valence-corrected chi connectivity index (χ1v) is 7.70. The number of aromatic nitrogens is 3. The highest BCUT2D eigenvalue weighted by molar-refractivity contribution is 5.92. The number of nitrogens with zero attached hydrogens (tertiary/aromatic N) is 3. The number of furan rings is 1. The van der Waals surface area contributed by atoms with Crippen LogP contribution in [0.2, 0.25) is 0 Å². The molecule has 0 N–H and O–H groups in total. The number of pyridine rings is 1. The first-order valence-electron chi connectivity index (χ1n) is 7.70. The highest BCUT2D eigenvalue weighted by Gasteiger charge is 2.12. The summed E-state index contributed by atoms with van der Waals surface area (Å²) in [6.07, 6.45) is 5.52. The van der Waals surface area contributed by atoms with E-state index in [-0.39, 0.29) is 0 Å².